The molecule has 1 aliphatic heterocycles. The van der Waals surface area contributed by atoms with Crippen molar-refractivity contribution in [1.29, 1.82) is 5.26 Å². The Bertz CT molecular complexity index is 947. The molecule has 0 spiro atoms. The van der Waals surface area contributed by atoms with E-state index in [-0.39, 0.29) is 18.1 Å². The first-order valence-electron chi connectivity index (χ1n) is 10.6. The Kier molecular flexibility index (Phi) is 6.85. The second-order valence-corrected chi connectivity index (χ2v) is 8.22. The van der Waals surface area contributed by atoms with Crippen LogP contribution in [0.3, 0.4) is 0 Å². The summed E-state index contributed by atoms with van der Waals surface area (Å²) in [6.45, 7) is 3.63. The van der Waals surface area contributed by atoms with Gasteiger partial charge in [-0.1, -0.05) is 11.6 Å². The molecular formula is C22H25ClN6O2. The van der Waals surface area contributed by atoms with E-state index in [2.05, 4.69) is 25.5 Å². The summed E-state index contributed by atoms with van der Waals surface area (Å²) in [5, 5.41) is 15.7. The molecule has 0 unspecified atom stereocenters. The summed E-state index contributed by atoms with van der Waals surface area (Å²) >= 11 is 6.07. The van der Waals surface area contributed by atoms with Gasteiger partial charge in [-0.3, -0.25) is 4.79 Å². The fourth-order valence-corrected chi connectivity index (χ4v) is 4.15. The Balaban J connectivity index is 1.25. The first-order chi connectivity index (χ1) is 15.1. The molecule has 1 saturated heterocycles. The van der Waals surface area contributed by atoms with E-state index in [4.69, 9.17) is 21.6 Å². The maximum atomic E-state index is 12.6. The summed E-state index contributed by atoms with van der Waals surface area (Å²) in [6.07, 6.45) is 6.60. The molecule has 162 valence electrons. The Morgan fingerprint density at radius 2 is 1.97 bits per heavy atom. The molecule has 0 atom stereocenters. The number of aromatic nitrogens is 2. The van der Waals surface area contributed by atoms with Crippen LogP contribution >= 0.6 is 11.6 Å². The number of ether oxygens (including phenoxy) is 1. The van der Waals surface area contributed by atoms with E-state index in [1.165, 1.54) is 0 Å². The summed E-state index contributed by atoms with van der Waals surface area (Å²) < 4.78 is 6.01. The molecule has 0 radical (unpaired) electrons. The zero-order valence-electron chi connectivity index (χ0n) is 17.2. The molecule has 4 rings (SSSR count). The summed E-state index contributed by atoms with van der Waals surface area (Å²) in [5.41, 5.74) is 0.772. The van der Waals surface area contributed by atoms with Crippen LogP contribution in [0.15, 0.2) is 30.6 Å². The van der Waals surface area contributed by atoms with Crippen LogP contribution in [0.2, 0.25) is 5.02 Å². The van der Waals surface area contributed by atoms with Gasteiger partial charge in [0.05, 0.1) is 29.1 Å². The van der Waals surface area contributed by atoms with Crippen LogP contribution in [0.4, 0.5) is 5.82 Å². The van der Waals surface area contributed by atoms with Crippen molar-refractivity contribution < 1.29 is 9.53 Å². The second kappa shape index (κ2) is 9.94. The number of rotatable bonds is 5. The average Bonchev–Trinajstić information content (AvgIpc) is 2.81. The van der Waals surface area contributed by atoms with Crippen LogP contribution in [0.5, 0.6) is 5.75 Å². The molecule has 2 N–H and O–H groups in total. The van der Waals surface area contributed by atoms with Gasteiger partial charge in [0.1, 0.15) is 23.3 Å². The highest BCUT2D eigenvalue weighted by atomic mass is 35.5. The van der Waals surface area contributed by atoms with Gasteiger partial charge in [0.2, 0.25) is 0 Å². The summed E-state index contributed by atoms with van der Waals surface area (Å²) in [7, 11) is 0. The lowest BCUT2D eigenvalue weighted by Gasteiger charge is -2.29. The number of nitriles is 1. The highest BCUT2D eigenvalue weighted by Crippen LogP contribution is 2.27. The second-order valence-electron chi connectivity index (χ2n) is 7.82. The molecule has 8 nitrogen and oxygen atoms in total. The van der Waals surface area contributed by atoms with E-state index in [9.17, 15) is 4.79 Å². The fraction of sp³-hybridized carbons (Fsp3) is 0.455. The van der Waals surface area contributed by atoms with Gasteiger partial charge in [-0.05, 0) is 37.8 Å². The molecule has 1 aromatic carbocycles. The van der Waals surface area contributed by atoms with Crippen molar-refractivity contribution in [3.05, 3.63) is 46.9 Å². The minimum atomic E-state index is -0.192. The number of nitrogens with one attached hydrogen (secondary N) is 2. The normalized spacial score (nSPS) is 21.2. The Labute approximate surface area is 186 Å². The lowest BCUT2D eigenvalue weighted by atomic mass is 9.93. The number of carbonyl (C=O) groups is 1. The van der Waals surface area contributed by atoms with Crippen molar-refractivity contribution in [2.45, 2.75) is 37.8 Å². The van der Waals surface area contributed by atoms with Crippen molar-refractivity contribution in [2.24, 2.45) is 0 Å². The Hall–Kier alpha value is -2.89. The number of amides is 1. The average molecular weight is 441 g/mol. The smallest absolute Gasteiger partial charge is 0.271 e. The van der Waals surface area contributed by atoms with Crippen molar-refractivity contribution in [3.63, 3.8) is 0 Å². The monoisotopic (exact) mass is 440 g/mol. The molecule has 31 heavy (non-hydrogen) atoms. The van der Waals surface area contributed by atoms with E-state index in [1.54, 1.807) is 30.6 Å². The molecule has 0 bridgehead atoms. The lowest BCUT2D eigenvalue weighted by Crippen LogP contribution is -2.44. The van der Waals surface area contributed by atoms with Crippen LogP contribution in [0, 0.1) is 11.3 Å². The number of halogens is 1. The quantitative estimate of drug-likeness (QED) is 0.736. The number of hydrogen-bond acceptors (Lipinski definition) is 7. The van der Waals surface area contributed by atoms with Crippen LogP contribution in [-0.2, 0) is 0 Å². The van der Waals surface area contributed by atoms with Crippen molar-refractivity contribution in [3.8, 4) is 11.8 Å². The maximum absolute atomic E-state index is 12.6. The summed E-state index contributed by atoms with van der Waals surface area (Å²) in [4.78, 5) is 23.5. The van der Waals surface area contributed by atoms with Gasteiger partial charge < -0.3 is 20.3 Å². The number of benzene rings is 1. The van der Waals surface area contributed by atoms with Crippen molar-refractivity contribution in [2.75, 3.05) is 31.1 Å². The molecular weight excluding hydrogens is 416 g/mol. The minimum Gasteiger partial charge on any atom is -0.490 e. The van der Waals surface area contributed by atoms with Gasteiger partial charge in [-0.2, -0.15) is 5.26 Å². The predicted octanol–water partition coefficient (Wildman–Crippen LogP) is 2.53. The van der Waals surface area contributed by atoms with Crippen LogP contribution in [-0.4, -0.2) is 54.2 Å². The molecule has 2 aliphatic rings. The summed E-state index contributed by atoms with van der Waals surface area (Å²) in [6, 6.07) is 7.24. The number of anilines is 1. The minimum absolute atomic E-state index is 0.0651. The van der Waals surface area contributed by atoms with E-state index in [1.807, 2.05) is 6.07 Å². The van der Waals surface area contributed by atoms with Crippen molar-refractivity contribution >= 4 is 23.3 Å². The van der Waals surface area contributed by atoms with E-state index < -0.39 is 0 Å². The third-order valence-corrected chi connectivity index (χ3v) is 6.00. The van der Waals surface area contributed by atoms with E-state index in [0.717, 1.165) is 57.7 Å². The molecule has 1 aromatic heterocycles. The molecule has 9 heteroatoms. The Morgan fingerprint density at radius 3 is 2.61 bits per heavy atom. The highest BCUT2D eigenvalue weighted by molar-refractivity contribution is 6.31. The van der Waals surface area contributed by atoms with E-state index in [0.29, 0.717) is 22.0 Å². The molecule has 1 saturated carbocycles. The number of carbonyl (C=O) groups excluding carboxylic acids is 1. The van der Waals surface area contributed by atoms with Crippen LogP contribution < -0.4 is 20.3 Å². The standard InChI is InChI=1S/C22H25ClN6O2/c23-19-11-18(4-1-15(19)12-24)31-17-5-2-16(3-6-17)28-22(30)20-13-27-21(14-26-20)29-9-7-25-8-10-29/h1,4,11,13-14,16-17,25H,2-3,5-10H2,(H,28,30)/t16-,17-. The first kappa shape index (κ1) is 21.3. The largest absolute Gasteiger partial charge is 0.490 e. The van der Waals surface area contributed by atoms with Gasteiger partial charge in [0, 0.05) is 38.3 Å². The fourth-order valence-electron chi connectivity index (χ4n) is 3.93. The Morgan fingerprint density at radius 1 is 1.19 bits per heavy atom. The van der Waals surface area contributed by atoms with Crippen LogP contribution in [0.1, 0.15) is 41.7 Å². The topological polar surface area (TPSA) is 103 Å². The highest BCUT2D eigenvalue weighted by Gasteiger charge is 2.25. The number of piperazine rings is 1. The van der Waals surface area contributed by atoms with E-state index >= 15 is 0 Å². The third kappa shape index (κ3) is 5.43. The zero-order valence-corrected chi connectivity index (χ0v) is 17.9. The molecule has 2 fully saturated rings. The number of hydrogen-bond donors (Lipinski definition) is 2. The molecule has 2 aromatic rings. The molecule has 1 amide bonds. The van der Waals surface area contributed by atoms with Gasteiger partial charge in [0.15, 0.2) is 0 Å². The lowest BCUT2D eigenvalue weighted by molar-refractivity contribution is 0.0888. The first-order valence-corrected chi connectivity index (χ1v) is 10.9. The van der Waals surface area contributed by atoms with Gasteiger partial charge in [-0.15, -0.1) is 0 Å². The van der Waals surface area contributed by atoms with Gasteiger partial charge >= 0.3 is 0 Å². The van der Waals surface area contributed by atoms with Gasteiger partial charge in [0.25, 0.3) is 5.91 Å². The summed E-state index contributed by atoms with van der Waals surface area (Å²) in [5.74, 6) is 1.28. The number of nitrogens with zero attached hydrogens (tertiary/aromatic N) is 4. The zero-order chi connectivity index (χ0) is 21.6. The van der Waals surface area contributed by atoms with Crippen LogP contribution in [0.25, 0.3) is 0 Å². The maximum Gasteiger partial charge on any atom is 0.271 e. The molecule has 1 aliphatic carbocycles. The predicted molar refractivity (Wildman–Crippen MR) is 117 cm³/mol. The SMILES string of the molecule is N#Cc1ccc(O[C@H]2CC[C@H](NC(=O)c3cnc(N4CCNCC4)cn3)CC2)cc1Cl. The van der Waals surface area contributed by atoms with Crippen molar-refractivity contribution in [1.82, 2.24) is 20.6 Å². The third-order valence-electron chi connectivity index (χ3n) is 5.69. The molecule has 2 heterocycles. The van der Waals surface area contributed by atoms with Gasteiger partial charge in [-0.25, -0.2) is 9.97 Å².